The smallest absolute Gasteiger partial charge is 0.264 e. The monoisotopic (exact) mass is 352 g/mol. The largest absolute Gasteiger partial charge is 0.380 e. The van der Waals surface area contributed by atoms with Gasteiger partial charge in [0.2, 0.25) is 5.91 Å². The third-order valence-electron chi connectivity index (χ3n) is 3.62. The van der Waals surface area contributed by atoms with E-state index in [2.05, 4.69) is 5.32 Å². The molecule has 0 unspecified atom stereocenters. The Labute approximate surface area is 144 Å². The molecule has 0 aliphatic carbocycles. The van der Waals surface area contributed by atoms with E-state index in [4.69, 9.17) is 4.74 Å². The van der Waals surface area contributed by atoms with Gasteiger partial charge in [0.25, 0.3) is 5.91 Å². The van der Waals surface area contributed by atoms with Crippen LogP contribution in [-0.4, -0.2) is 43.5 Å². The average molecular weight is 352 g/mol. The molecule has 130 valence electrons. The molecular formula is C17H21FN2O3S. The Morgan fingerprint density at radius 2 is 2.08 bits per heavy atom. The number of ether oxygens (including phenoxy) is 1. The minimum Gasteiger partial charge on any atom is -0.380 e. The van der Waals surface area contributed by atoms with Crippen LogP contribution in [0.3, 0.4) is 0 Å². The third-order valence-corrected chi connectivity index (χ3v) is 4.81. The van der Waals surface area contributed by atoms with Gasteiger partial charge < -0.3 is 15.0 Å². The molecule has 0 aliphatic heterocycles. The van der Waals surface area contributed by atoms with E-state index in [1.54, 1.807) is 19.1 Å². The minimum absolute atomic E-state index is 0.0215. The highest BCUT2D eigenvalue weighted by atomic mass is 32.1. The van der Waals surface area contributed by atoms with E-state index >= 15 is 0 Å². The van der Waals surface area contributed by atoms with Gasteiger partial charge in [-0.15, -0.1) is 11.3 Å². The van der Waals surface area contributed by atoms with Crippen LogP contribution in [0.2, 0.25) is 0 Å². The summed E-state index contributed by atoms with van der Waals surface area (Å²) in [5.74, 6) is -0.869. The molecule has 2 aromatic rings. The summed E-state index contributed by atoms with van der Waals surface area (Å²) in [5.41, 5.74) is 0.537. The van der Waals surface area contributed by atoms with Gasteiger partial charge in [0.1, 0.15) is 5.82 Å². The van der Waals surface area contributed by atoms with Gasteiger partial charge in [0.15, 0.2) is 0 Å². The number of nitrogens with one attached hydrogen (secondary N) is 1. The first-order valence-electron chi connectivity index (χ1n) is 7.78. The van der Waals surface area contributed by atoms with Gasteiger partial charge in [-0.25, -0.2) is 4.39 Å². The predicted octanol–water partition coefficient (Wildman–Crippen LogP) is 2.79. The Balaban J connectivity index is 2.42. The number of amides is 2. The van der Waals surface area contributed by atoms with E-state index < -0.39 is 0 Å². The summed E-state index contributed by atoms with van der Waals surface area (Å²) in [7, 11) is 1.50. The lowest BCUT2D eigenvalue weighted by Crippen LogP contribution is -2.40. The van der Waals surface area contributed by atoms with E-state index in [0.29, 0.717) is 33.6 Å². The van der Waals surface area contributed by atoms with Gasteiger partial charge in [0.05, 0.1) is 18.0 Å². The number of hydrogen-bond acceptors (Lipinski definition) is 4. The Morgan fingerprint density at radius 3 is 2.71 bits per heavy atom. The summed E-state index contributed by atoms with van der Waals surface area (Å²) in [6.07, 6.45) is 0. The molecule has 0 atom stereocenters. The summed E-state index contributed by atoms with van der Waals surface area (Å²) in [6.45, 7) is 4.64. The molecular weight excluding hydrogens is 331 g/mol. The van der Waals surface area contributed by atoms with Crippen LogP contribution in [0.5, 0.6) is 0 Å². The molecule has 0 fully saturated rings. The number of hydrogen-bond donors (Lipinski definition) is 1. The Bertz CT molecular complexity index is 745. The summed E-state index contributed by atoms with van der Waals surface area (Å²) in [5, 5.41) is 3.10. The van der Waals surface area contributed by atoms with E-state index in [9.17, 15) is 14.0 Å². The van der Waals surface area contributed by atoms with Crippen LogP contribution in [-0.2, 0) is 16.1 Å². The number of nitrogens with zero attached hydrogens (tertiary/aromatic N) is 1. The highest BCUT2D eigenvalue weighted by molar-refractivity contribution is 7.21. The Kier molecular flexibility index (Phi) is 6.28. The lowest BCUT2D eigenvalue weighted by molar-refractivity contribution is -0.121. The van der Waals surface area contributed by atoms with Crippen molar-refractivity contribution in [2.45, 2.75) is 20.5 Å². The van der Waals surface area contributed by atoms with Crippen LogP contribution in [0.25, 0.3) is 10.1 Å². The second-order valence-corrected chi connectivity index (χ2v) is 6.28. The zero-order valence-electron chi connectivity index (χ0n) is 14.0. The SMILES string of the molecule is CCNC(=O)CN(CC)C(=O)c1sc2cccc(F)c2c1COC. The van der Waals surface area contributed by atoms with Gasteiger partial charge in [-0.3, -0.25) is 9.59 Å². The fourth-order valence-electron chi connectivity index (χ4n) is 2.52. The third kappa shape index (κ3) is 3.73. The van der Waals surface area contributed by atoms with E-state index in [1.165, 1.54) is 29.4 Å². The number of rotatable bonds is 7. The number of methoxy groups -OCH3 is 1. The first-order valence-corrected chi connectivity index (χ1v) is 8.59. The highest BCUT2D eigenvalue weighted by Gasteiger charge is 2.25. The fraction of sp³-hybridized carbons (Fsp3) is 0.412. The van der Waals surface area contributed by atoms with Gasteiger partial charge >= 0.3 is 0 Å². The van der Waals surface area contributed by atoms with Crippen molar-refractivity contribution in [3.63, 3.8) is 0 Å². The highest BCUT2D eigenvalue weighted by Crippen LogP contribution is 2.34. The van der Waals surface area contributed by atoms with Crippen molar-refractivity contribution in [1.82, 2.24) is 10.2 Å². The quantitative estimate of drug-likeness (QED) is 0.834. The zero-order chi connectivity index (χ0) is 17.7. The van der Waals surface area contributed by atoms with Gasteiger partial charge in [-0.05, 0) is 26.0 Å². The maximum absolute atomic E-state index is 14.2. The summed E-state index contributed by atoms with van der Waals surface area (Å²) in [6, 6.07) is 4.76. The molecule has 1 aromatic heterocycles. The Morgan fingerprint density at radius 1 is 1.33 bits per heavy atom. The topological polar surface area (TPSA) is 58.6 Å². The second kappa shape index (κ2) is 8.21. The molecule has 1 N–H and O–H groups in total. The lowest BCUT2D eigenvalue weighted by atomic mass is 10.1. The van der Waals surface area contributed by atoms with Crippen LogP contribution >= 0.6 is 11.3 Å². The molecule has 0 saturated carbocycles. The molecule has 2 amide bonds. The second-order valence-electron chi connectivity index (χ2n) is 5.23. The first kappa shape index (κ1) is 18.4. The number of halogens is 1. The van der Waals surface area contributed by atoms with Crippen molar-refractivity contribution in [2.24, 2.45) is 0 Å². The fourth-order valence-corrected chi connectivity index (χ4v) is 3.71. The number of fused-ring (bicyclic) bond motifs is 1. The molecule has 0 saturated heterocycles. The van der Waals surface area contributed by atoms with Crippen molar-refractivity contribution in [3.05, 3.63) is 34.5 Å². The van der Waals surface area contributed by atoms with Gasteiger partial charge in [-0.1, -0.05) is 6.07 Å². The molecule has 0 bridgehead atoms. The first-order chi connectivity index (χ1) is 11.5. The lowest BCUT2D eigenvalue weighted by Gasteiger charge is -2.20. The van der Waals surface area contributed by atoms with E-state index in [0.717, 1.165) is 0 Å². The van der Waals surface area contributed by atoms with Crippen molar-refractivity contribution < 1.29 is 18.7 Å². The Hall–Kier alpha value is -1.99. The van der Waals surface area contributed by atoms with Crippen molar-refractivity contribution in [2.75, 3.05) is 26.7 Å². The molecule has 0 radical (unpaired) electrons. The van der Waals surface area contributed by atoms with Gasteiger partial charge in [-0.2, -0.15) is 0 Å². The average Bonchev–Trinajstić information content (AvgIpc) is 2.92. The summed E-state index contributed by atoms with van der Waals surface area (Å²) >= 11 is 1.23. The molecule has 24 heavy (non-hydrogen) atoms. The molecule has 0 aliphatic rings. The summed E-state index contributed by atoms with van der Waals surface area (Å²) < 4.78 is 20.1. The molecule has 2 rings (SSSR count). The van der Waals surface area contributed by atoms with Crippen LogP contribution < -0.4 is 5.32 Å². The number of likely N-dealkylation sites (N-methyl/N-ethyl adjacent to an activating group) is 2. The molecule has 7 heteroatoms. The van der Waals surface area contributed by atoms with E-state index in [1.807, 2.05) is 6.92 Å². The van der Waals surface area contributed by atoms with Gasteiger partial charge in [0, 0.05) is 35.8 Å². The maximum atomic E-state index is 14.2. The number of carbonyl (C=O) groups excluding carboxylic acids is 2. The molecule has 0 spiro atoms. The maximum Gasteiger partial charge on any atom is 0.264 e. The molecule has 5 nitrogen and oxygen atoms in total. The number of benzene rings is 1. The minimum atomic E-state index is -0.373. The van der Waals surface area contributed by atoms with Crippen molar-refractivity contribution in [1.29, 1.82) is 0 Å². The molecule has 1 heterocycles. The van der Waals surface area contributed by atoms with Crippen LogP contribution in [0.4, 0.5) is 4.39 Å². The zero-order valence-corrected chi connectivity index (χ0v) is 14.8. The summed E-state index contributed by atoms with van der Waals surface area (Å²) in [4.78, 5) is 26.5. The van der Waals surface area contributed by atoms with Crippen LogP contribution in [0.1, 0.15) is 29.1 Å². The molecule has 1 aromatic carbocycles. The predicted molar refractivity (Wildman–Crippen MR) is 92.8 cm³/mol. The number of thiophene rings is 1. The normalized spacial score (nSPS) is 10.8. The van der Waals surface area contributed by atoms with Crippen LogP contribution in [0.15, 0.2) is 18.2 Å². The van der Waals surface area contributed by atoms with Crippen LogP contribution in [0, 0.1) is 5.82 Å². The standard InChI is InChI=1S/C17H21FN2O3S/c1-4-19-14(21)9-20(5-2)17(22)16-11(10-23-3)15-12(18)7-6-8-13(15)24-16/h6-8H,4-5,9-10H2,1-3H3,(H,19,21). The number of carbonyl (C=O) groups is 2. The van der Waals surface area contributed by atoms with Crippen molar-refractivity contribution in [3.8, 4) is 0 Å². The van der Waals surface area contributed by atoms with Crippen molar-refractivity contribution >= 4 is 33.2 Å². The van der Waals surface area contributed by atoms with E-state index in [-0.39, 0.29) is 30.8 Å².